The third-order valence-corrected chi connectivity index (χ3v) is 9.85. The maximum Gasteiger partial charge on any atom is 0.389 e. The molecule has 0 aromatic heterocycles. The van der Waals surface area contributed by atoms with Gasteiger partial charge in [0.25, 0.3) is 5.91 Å². The smallest absolute Gasteiger partial charge is 0.383 e. The fourth-order valence-corrected chi connectivity index (χ4v) is 7.15. The molecule has 2 saturated heterocycles. The number of piperidine rings is 2. The summed E-state index contributed by atoms with van der Waals surface area (Å²) in [4.78, 5) is 14.7. The lowest BCUT2D eigenvalue weighted by Gasteiger charge is -2.43. The van der Waals surface area contributed by atoms with Gasteiger partial charge in [-0.2, -0.15) is 13.2 Å². The Morgan fingerprint density at radius 3 is 2.22 bits per heavy atom. The number of alkyl halides is 3. The van der Waals surface area contributed by atoms with Gasteiger partial charge in [-0.25, -0.2) is 18.2 Å². The van der Waals surface area contributed by atoms with Crippen molar-refractivity contribution >= 4 is 28.3 Å². The van der Waals surface area contributed by atoms with Gasteiger partial charge in [-0.05, 0) is 49.1 Å². The Bertz CT molecular complexity index is 947. The Kier molecular flexibility index (Phi) is 11.0. The molecule has 206 valence electrons. The fourth-order valence-electron chi connectivity index (χ4n) is 4.98. The first-order valence-corrected chi connectivity index (χ1v) is 13.3. The summed E-state index contributed by atoms with van der Waals surface area (Å²) < 4.78 is 69.3. The lowest BCUT2D eigenvalue weighted by atomic mass is 9.89. The Balaban J connectivity index is 0.00000456. The van der Waals surface area contributed by atoms with Gasteiger partial charge in [0.1, 0.15) is 0 Å². The quantitative estimate of drug-likeness (QED) is 0.358. The van der Waals surface area contributed by atoms with Crippen molar-refractivity contribution in [2.45, 2.75) is 55.4 Å². The molecular weight excluding hydrogens is 523 g/mol. The molecule has 0 bridgehead atoms. The zero-order valence-electron chi connectivity index (χ0n) is 20.3. The Morgan fingerprint density at radius 1 is 1.14 bits per heavy atom. The highest BCUT2D eigenvalue weighted by molar-refractivity contribution is 7.91. The van der Waals surface area contributed by atoms with Crippen LogP contribution in [0.4, 0.5) is 13.2 Å². The number of rotatable bonds is 9. The van der Waals surface area contributed by atoms with Crippen molar-refractivity contribution in [1.29, 1.82) is 0 Å². The average Bonchev–Trinajstić information content (AvgIpc) is 2.86. The molecule has 13 heteroatoms. The van der Waals surface area contributed by atoms with Crippen molar-refractivity contribution in [3.05, 3.63) is 35.4 Å². The molecule has 2 aliphatic rings. The number of nitrogens with zero attached hydrogens (tertiary/aromatic N) is 2. The summed E-state index contributed by atoms with van der Waals surface area (Å²) in [5.41, 5.74) is 3.16. The second kappa shape index (κ2) is 12.9. The van der Waals surface area contributed by atoms with Gasteiger partial charge in [0.15, 0.2) is 4.75 Å². The highest BCUT2D eigenvalue weighted by Gasteiger charge is 2.55. The van der Waals surface area contributed by atoms with Crippen molar-refractivity contribution in [3.8, 4) is 0 Å². The van der Waals surface area contributed by atoms with Crippen molar-refractivity contribution in [1.82, 2.24) is 14.7 Å². The zero-order chi connectivity index (χ0) is 25.7. The molecule has 8 nitrogen and oxygen atoms in total. The minimum absolute atomic E-state index is 0. The molecule has 2 heterocycles. The molecule has 0 spiro atoms. The Morgan fingerprint density at radius 2 is 1.72 bits per heavy atom. The van der Waals surface area contributed by atoms with Crippen LogP contribution < -0.4 is 5.48 Å². The summed E-state index contributed by atoms with van der Waals surface area (Å²) in [7, 11) is -2.45. The normalized spacial score (nSPS) is 20.0. The number of benzene rings is 1. The summed E-state index contributed by atoms with van der Waals surface area (Å²) in [6.07, 6.45) is -3.90. The van der Waals surface area contributed by atoms with E-state index < -0.39 is 33.3 Å². The number of carbonyl (C=O) groups is 1. The lowest BCUT2D eigenvalue weighted by Crippen LogP contribution is -2.62. The van der Waals surface area contributed by atoms with E-state index in [1.54, 1.807) is 24.7 Å². The lowest BCUT2D eigenvalue weighted by molar-refractivity contribution is -0.134. The fraction of sp³-hybridized carbons (Fsp3) is 0.696. The average molecular weight is 558 g/mol. The molecule has 3 rings (SSSR count). The first-order chi connectivity index (χ1) is 16.5. The van der Waals surface area contributed by atoms with Crippen LogP contribution in [-0.4, -0.2) is 86.1 Å². The third-order valence-electron chi connectivity index (χ3n) is 7.23. The van der Waals surface area contributed by atoms with E-state index in [-0.39, 0.29) is 50.7 Å². The molecular formula is C23H35ClF3N3O5S. The van der Waals surface area contributed by atoms with Gasteiger partial charge in [0, 0.05) is 46.3 Å². The van der Waals surface area contributed by atoms with Crippen LogP contribution in [0.15, 0.2) is 24.3 Å². The number of methoxy groups -OCH3 is 1. The van der Waals surface area contributed by atoms with E-state index in [1.165, 1.54) is 4.31 Å². The van der Waals surface area contributed by atoms with Gasteiger partial charge in [-0.3, -0.25) is 10.0 Å². The molecule has 0 aliphatic carbocycles. The topological polar surface area (TPSA) is 99.2 Å². The molecule has 1 aromatic carbocycles. The maximum atomic E-state index is 13.6. The number of hydrogen-bond donors (Lipinski definition) is 2. The summed E-state index contributed by atoms with van der Waals surface area (Å²) in [6.45, 7) is 2.39. The predicted octanol–water partition coefficient (Wildman–Crippen LogP) is 3.10. The van der Waals surface area contributed by atoms with Crippen molar-refractivity contribution in [3.63, 3.8) is 0 Å². The van der Waals surface area contributed by atoms with E-state index in [2.05, 4.69) is 0 Å². The molecule has 1 aromatic rings. The van der Waals surface area contributed by atoms with Gasteiger partial charge in [0.2, 0.25) is 10.0 Å². The summed E-state index contributed by atoms with van der Waals surface area (Å²) in [6, 6.07) is 7.03. The molecule has 1 amide bonds. The van der Waals surface area contributed by atoms with Gasteiger partial charge in [-0.1, -0.05) is 24.3 Å². The maximum absolute atomic E-state index is 13.6. The Labute approximate surface area is 216 Å². The summed E-state index contributed by atoms with van der Waals surface area (Å²) >= 11 is 0. The van der Waals surface area contributed by atoms with Crippen LogP contribution in [0.1, 0.15) is 49.1 Å². The third kappa shape index (κ3) is 7.11. The van der Waals surface area contributed by atoms with Crippen molar-refractivity contribution in [2.75, 3.05) is 46.4 Å². The number of carbonyl (C=O) groups excluding carboxylic acids is 1. The van der Waals surface area contributed by atoms with Crippen molar-refractivity contribution < 1.29 is 36.3 Å². The van der Waals surface area contributed by atoms with Gasteiger partial charge < -0.3 is 9.64 Å². The molecule has 36 heavy (non-hydrogen) atoms. The van der Waals surface area contributed by atoms with E-state index in [0.717, 1.165) is 5.56 Å². The van der Waals surface area contributed by atoms with Gasteiger partial charge >= 0.3 is 6.18 Å². The number of hydrogen-bond acceptors (Lipinski definition) is 6. The number of nitrogens with one attached hydrogen (secondary N) is 1. The number of halogens is 4. The van der Waals surface area contributed by atoms with Crippen LogP contribution >= 0.6 is 12.4 Å². The van der Waals surface area contributed by atoms with Gasteiger partial charge in [0.05, 0.1) is 6.61 Å². The number of aryl methyl sites for hydroxylation is 1. The summed E-state index contributed by atoms with van der Waals surface area (Å²) in [5.74, 6) is -0.822. The number of amides is 1. The molecule has 2 fully saturated rings. The van der Waals surface area contributed by atoms with E-state index in [9.17, 15) is 31.6 Å². The monoisotopic (exact) mass is 557 g/mol. The van der Waals surface area contributed by atoms with E-state index in [0.29, 0.717) is 44.6 Å². The number of hydroxylamine groups is 1. The van der Waals surface area contributed by atoms with E-state index >= 15 is 0 Å². The van der Waals surface area contributed by atoms with Crippen LogP contribution in [-0.2, 0) is 26.0 Å². The van der Waals surface area contributed by atoms with Gasteiger partial charge in [-0.15, -0.1) is 12.4 Å². The highest BCUT2D eigenvalue weighted by atomic mass is 35.5. The molecule has 2 N–H and O–H groups in total. The first kappa shape index (κ1) is 30.8. The van der Waals surface area contributed by atoms with Crippen LogP contribution in [0.25, 0.3) is 0 Å². The largest absolute Gasteiger partial charge is 0.389 e. The SMILES string of the molecule is COCCN1CCC(C(=O)NO)(S(=O)(=O)N2CCC(c3ccc(CCC(F)(F)F)cc3)CC2)CC1.Cl. The van der Waals surface area contributed by atoms with E-state index in [1.807, 2.05) is 17.0 Å². The Hall–Kier alpha value is -1.44. The van der Waals surface area contributed by atoms with Crippen LogP contribution in [0.5, 0.6) is 0 Å². The summed E-state index contributed by atoms with van der Waals surface area (Å²) in [5, 5.41) is 9.34. The van der Waals surface area contributed by atoms with Crippen LogP contribution in [0.2, 0.25) is 0 Å². The molecule has 0 atom stereocenters. The second-order valence-electron chi connectivity index (χ2n) is 9.30. The second-order valence-corrected chi connectivity index (χ2v) is 11.6. The van der Waals surface area contributed by atoms with Crippen molar-refractivity contribution in [2.24, 2.45) is 0 Å². The van der Waals surface area contributed by atoms with Crippen LogP contribution in [0, 0.1) is 0 Å². The number of sulfonamides is 1. The molecule has 0 unspecified atom stereocenters. The predicted molar refractivity (Wildman–Crippen MR) is 131 cm³/mol. The molecule has 2 aliphatic heterocycles. The number of likely N-dealkylation sites (tertiary alicyclic amines) is 1. The minimum atomic E-state index is -4.19. The minimum Gasteiger partial charge on any atom is -0.383 e. The zero-order valence-corrected chi connectivity index (χ0v) is 21.9. The first-order valence-electron chi connectivity index (χ1n) is 11.8. The highest BCUT2D eigenvalue weighted by Crippen LogP contribution is 2.37. The molecule has 0 saturated carbocycles. The van der Waals surface area contributed by atoms with Crippen LogP contribution in [0.3, 0.4) is 0 Å². The molecule has 0 radical (unpaired) electrons. The standard InChI is InChI=1S/C23H34F3N3O5S.ClH/c1-34-17-16-28-14-10-22(11-15-28,21(30)27-31)35(32,33)29-12-7-20(8-13-29)19-4-2-18(3-5-19)6-9-23(24,25)26;/h2-5,20,31H,6-17H2,1H3,(H,27,30);1H. The number of ether oxygens (including phenoxy) is 1. The van der Waals surface area contributed by atoms with E-state index in [4.69, 9.17) is 4.74 Å².